The second-order valence-electron chi connectivity index (χ2n) is 4.87. The topological polar surface area (TPSA) is 29.5 Å². The Hall–Kier alpha value is -1.02. The Kier molecular flexibility index (Phi) is 3.20. The zero-order valence-electron chi connectivity index (χ0n) is 10.1. The van der Waals surface area contributed by atoms with E-state index in [1.54, 1.807) is 0 Å². The van der Waals surface area contributed by atoms with Gasteiger partial charge in [0.05, 0.1) is 11.7 Å². The molecule has 2 rings (SSSR count). The molecule has 1 atom stereocenters. The highest BCUT2D eigenvalue weighted by Crippen LogP contribution is 2.30. The lowest BCUT2D eigenvalue weighted by atomic mass is 9.91. The van der Waals surface area contributed by atoms with Gasteiger partial charge in [0.15, 0.2) is 0 Å². The molecule has 0 spiro atoms. The lowest BCUT2D eigenvalue weighted by Crippen LogP contribution is -2.20. The molecular formula is C14H20O2. The highest BCUT2D eigenvalue weighted by molar-refractivity contribution is 5.30. The third-order valence-corrected chi connectivity index (χ3v) is 3.04. The first kappa shape index (κ1) is 11.5. The van der Waals surface area contributed by atoms with Crippen LogP contribution in [0.15, 0.2) is 24.3 Å². The summed E-state index contributed by atoms with van der Waals surface area (Å²) in [6.45, 7) is 3.95. The van der Waals surface area contributed by atoms with E-state index in [9.17, 15) is 5.11 Å². The quantitative estimate of drug-likeness (QED) is 0.825. The second kappa shape index (κ2) is 4.46. The van der Waals surface area contributed by atoms with E-state index in [4.69, 9.17) is 4.74 Å². The fourth-order valence-electron chi connectivity index (χ4n) is 1.90. The summed E-state index contributed by atoms with van der Waals surface area (Å²) < 4.78 is 5.67. The van der Waals surface area contributed by atoms with Gasteiger partial charge >= 0.3 is 0 Å². The summed E-state index contributed by atoms with van der Waals surface area (Å²) in [6, 6.07) is 7.84. The molecule has 2 nitrogen and oxygen atoms in total. The number of hydrogen-bond acceptors (Lipinski definition) is 2. The monoisotopic (exact) mass is 220 g/mol. The molecule has 0 heterocycles. The predicted octanol–water partition coefficient (Wildman–Crippen LogP) is 3.24. The molecule has 1 aromatic rings. The molecule has 0 saturated heterocycles. The molecule has 1 aliphatic carbocycles. The second-order valence-corrected chi connectivity index (χ2v) is 4.87. The van der Waals surface area contributed by atoms with E-state index in [0.29, 0.717) is 6.10 Å². The molecule has 1 aliphatic rings. The average Bonchev–Trinajstić information content (AvgIpc) is 3.02. The van der Waals surface area contributed by atoms with Gasteiger partial charge in [-0.2, -0.15) is 0 Å². The van der Waals surface area contributed by atoms with E-state index in [0.717, 1.165) is 24.2 Å². The summed E-state index contributed by atoms with van der Waals surface area (Å²) in [7, 11) is 0. The molecule has 2 heteroatoms. The molecule has 88 valence electrons. The van der Waals surface area contributed by atoms with E-state index in [-0.39, 0.29) is 0 Å². The summed E-state index contributed by atoms with van der Waals surface area (Å²) in [4.78, 5) is 0. The maximum Gasteiger partial charge on any atom is 0.119 e. The highest BCUT2D eigenvalue weighted by Gasteiger charge is 2.24. The average molecular weight is 220 g/mol. The lowest BCUT2D eigenvalue weighted by molar-refractivity contribution is 0.0469. The van der Waals surface area contributed by atoms with Crippen molar-refractivity contribution < 1.29 is 9.84 Å². The maximum absolute atomic E-state index is 10.2. The molecule has 1 N–H and O–H groups in total. The smallest absolute Gasteiger partial charge is 0.119 e. The minimum Gasteiger partial charge on any atom is -0.490 e. The van der Waals surface area contributed by atoms with E-state index >= 15 is 0 Å². The molecule has 0 aliphatic heterocycles. The Morgan fingerprint density at radius 3 is 2.44 bits per heavy atom. The number of ether oxygens (including phenoxy) is 1. The van der Waals surface area contributed by atoms with Gasteiger partial charge in [0.2, 0.25) is 0 Å². The molecule has 1 unspecified atom stereocenters. The standard InChI is InChI=1S/C14H20O2/c1-3-10-14(2,15)11-4-6-12(7-5-11)16-13-8-9-13/h4-7,13,15H,3,8-10H2,1-2H3. The molecular weight excluding hydrogens is 200 g/mol. The van der Waals surface area contributed by atoms with Gasteiger partial charge in [-0.3, -0.25) is 0 Å². The van der Waals surface area contributed by atoms with Crippen LogP contribution in [-0.2, 0) is 5.60 Å². The van der Waals surface area contributed by atoms with Crippen LogP contribution in [0.2, 0.25) is 0 Å². The maximum atomic E-state index is 10.2. The Morgan fingerprint density at radius 1 is 1.31 bits per heavy atom. The molecule has 1 aromatic carbocycles. The molecule has 1 fully saturated rings. The first-order chi connectivity index (χ1) is 7.62. The molecule has 16 heavy (non-hydrogen) atoms. The van der Waals surface area contributed by atoms with Crippen LogP contribution >= 0.6 is 0 Å². The van der Waals surface area contributed by atoms with Crippen LogP contribution in [0, 0.1) is 0 Å². The van der Waals surface area contributed by atoms with Crippen molar-refractivity contribution in [2.75, 3.05) is 0 Å². The Morgan fingerprint density at radius 2 is 1.94 bits per heavy atom. The van der Waals surface area contributed by atoms with Gasteiger partial charge in [-0.1, -0.05) is 25.5 Å². The van der Waals surface area contributed by atoms with Crippen molar-refractivity contribution in [3.8, 4) is 5.75 Å². The van der Waals surface area contributed by atoms with Crippen molar-refractivity contribution in [2.24, 2.45) is 0 Å². The van der Waals surface area contributed by atoms with Gasteiger partial charge in [-0.15, -0.1) is 0 Å². The Labute approximate surface area is 97.3 Å². The fraction of sp³-hybridized carbons (Fsp3) is 0.571. The van der Waals surface area contributed by atoms with Crippen molar-refractivity contribution in [3.63, 3.8) is 0 Å². The molecule has 0 radical (unpaired) electrons. The van der Waals surface area contributed by atoms with E-state index in [1.807, 2.05) is 31.2 Å². The Bertz CT molecular complexity index is 336. The lowest BCUT2D eigenvalue weighted by Gasteiger charge is -2.23. The van der Waals surface area contributed by atoms with Crippen LogP contribution in [0.1, 0.15) is 45.1 Å². The van der Waals surface area contributed by atoms with Crippen LogP contribution < -0.4 is 4.74 Å². The molecule has 1 saturated carbocycles. The fourth-order valence-corrected chi connectivity index (χ4v) is 1.90. The first-order valence-electron chi connectivity index (χ1n) is 6.11. The van der Waals surface area contributed by atoms with Crippen molar-refractivity contribution >= 4 is 0 Å². The molecule has 0 amide bonds. The summed E-state index contributed by atoms with van der Waals surface area (Å²) in [5, 5.41) is 10.2. The number of hydrogen-bond donors (Lipinski definition) is 1. The summed E-state index contributed by atoms with van der Waals surface area (Å²) >= 11 is 0. The van der Waals surface area contributed by atoms with Gasteiger partial charge < -0.3 is 9.84 Å². The van der Waals surface area contributed by atoms with Crippen LogP contribution in [-0.4, -0.2) is 11.2 Å². The van der Waals surface area contributed by atoms with Gasteiger partial charge in [0, 0.05) is 0 Å². The SMILES string of the molecule is CCCC(C)(O)c1ccc(OC2CC2)cc1. The Balaban J connectivity index is 2.05. The van der Waals surface area contributed by atoms with Crippen molar-refractivity contribution in [3.05, 3.63) is 29.8 Å². The normalized spacial score (nSPS) is 19.2. The minimum absolute atomic E-state index is 0.432. The van der Waals surface area contributed by atoms with Crippen LogP contribution in [0.5, 0.6) is 5.75 Å². The number of benzene rings is 1. The minimum atomic E-state index is -0.715. The van der Waals surface area contributed by atoms with Gasteiger partial charge in [-0.25, -0.2) is 0 Å². The molecule has 0 bridgehead atoms. The zero-order valence-corrected chi connectivity index (χ0v) is 10.1. The van der Waals surface area contributed by atoms with Crippen molar-refractivity contribution in [1.29, 1.82) is 0 Å². The first-order valence-corrected chi connectivity index (χ1v) is 6.11. The van der Waals surface area contributed by atoms with Gasteiger partial charge in [0.1, 0.15) is 5.75 Å². The highest BCUT2D eigenvalue weighted by atomic mass is 16.5. The van der Waals surface area contributed by atoms with Crippen LogP contribution in [0.25, 0.3) is 0 Å². The number of rotatable bonds is 5. The summed E-state index contributed by atoms with van der Waals surface area (Å²) in [5.74, 6) is 0.915. The van der Waals surface area contributed by atoms with E-state index in [1.165, 1.54) is 12.8 Å². The largest absolute Gasteiger partial charge is 0.490 e. The zero-order chi connectivity index (χ0) is 11.6. The summed E-state index contributed by atoms with van der Waals surface area (Å²) in [6.07, 6.45) is 4.55. The summed E-state index contributed by atoms with van der Waals surface area (Å²) in [5.41, 5.74) is 0.254. The van der Waals surface area contributed by atoms with E-state index in [2.05, 4.69) is 6.92 Å². The van der Waals surface area contributed by atoms with Crippen molar-refractivity contribution in [2.45, 2.75) is 51.2 Å². The van der Waals surface area contributed by atoms with Crippen LogP contribution in [0.3, 0.4) is 0 Å². The predicted molar refractivity (Wildman–Crippen MR) is 64.6 cm³/mol. The third-order valence-electron chi connectivity index (χ3n) is 3.04. The third kappa shape index (κ3) is 2.76. The van der Waals surface area contributed by atoms with Crippen LogP contribution in [0.4, 0.5) is 0 Å². The molecule has 0 aromatic heterocycles. The van der Waals surface area contributed by atoms with Gasteiger partial charge in [-0.05, 0) is 43.9 Å². The number of aliphatic hydroxyl groups is 1. The van der Waals surface area contributed by atoms with Crippen molar-refractivity contribution in [1.82, 2.24) is 0 Å². The van der Waals surface area contributed by atoms with E-state index < -0.39 is 5.60 Å². The van der Waals surface area contributed by atoms with Gasteiger partial charge in [0.25, 0.3) is 0 Å².